The first-order valence-corrected chi connectivity index (χ1v) is 7.88. The van der Waals surface area contributed by atoms with Gasteiger partial charge < -0.3 is 10.1 Å². The molecule has 5 nitrogen and oxygen atoms in total. The molecule has 19 heavy (non-hydrogen) atoms. The third-order valence-electron chi connectivity index (χ3n) is 2.71. The molecule has 1 N–H and O–H groups in total. The number of amides is 1. The van der Waals surface area contributed by atoms with Gasteiger partial charge >= 0.3 is 0 Å². The van der Waals surface area contributed by atoms with E-state index in [4.69, 9.17) is 16.3 Å². The van der Waals surface area contributed by atoms with Crippen molar-refractivity contribution in [2.24, 2.45) is 0 Å². The van der Waals surface area contributed by atoms with Gasteiger partial charge in [-0.3, -0.25) is 4.79 Å². The van der Waals surface area contributed by atoms with Crippen LogP contribution in [0.15, 0.2) is 18.2 Å². The maximum absolute atomic E-state index is 11.7. The zero-order chi connectivity index (χ0) is 14.6. The summed E-state index contributed by atoms with van der Waals surface area (Å²) in [6, 6.07) is 5.01. The molecule has 0 aliphatic carbocycles. The standard InChI is InChI=1S/C12H16ClNO4S/c1-8(19(3,16)17)12(15)14-7-9-6-10(13)4-5-11(9)18-2/h4-6,8H,7H2,1-3H3,(H,14,15). The SMILES string of the molecule is COc1ccc(Cl)cc1CNC(=O)C(C)S(C)(=O)=O. The van der Waals surface area contributed by atoms with Crippen LogP contribution in [0.5, 0.6) is 5.75 Å². The topological polar surface area (TPSA) is 72.5 Å². The van der Waals surface area contributed by atoms with Gasteiger partial charge in [0.15, 0.2) is 9.84 Å². The van der Waals surface area contributed by atoms with E-state index in [1.54, 1.807) is 18.2 Å². The highest BCUT2D eigenvalue weighted by atomic mass is 35.5. The average Bonchev–Trinajstić information content (AvgIpc) is 2.34. The number of carbonyl (C=O) groups excluding carboxylic acids is 1. The Bertz CT molecular complexity index is 571. The fourth-order valence-corrected chi connectivity index (χ4v) is 2.07. The molecule has 1 amide bonds. The number of benzene rings is 1. The Hall–Kier alpha value is -1.27. The molecule has 0 bridgehead atoms. The second-order valence-electron chi connectivity index (χ2n) is 4.15. The van der Waals surface area contributed by atoms with Crippen molar-refractivity contribution < 1.29 is 17.9 Å². The van der Waals surface area contributed by atoms with Crippen molar-refractivity contribution in [2.45, 2.75) is 18.7 Å². The zero-order valence-corrected chi connectivity index (χ0v) is 12.5. The Labute approximate surface area is 117 Å². The van der Waals surface area contributed by atoms with Gasteiger partial charge in [-0.2, -0.15) is 0 Å². The molecule has 1 aromatic rings. The molecule has 0 radical (unpaired) electrons. The molecule has 1 unspecified atom stereocenters. The van der Waals surface area contributed by atoms with E-state index >= 15 is 0 Å². The number of ether oxygens (including phenoxy) is 1. The van der Waals surface area contributed by atoms with Crippen LogP contribution in [-0.2, 0) is 21.2 Å². The molecule has 0 spiro atoms. The molecule has 7 heteroatoms. The second kappa shape index (κ2) is 6.25. The Morgan fingerprint density at radius 2 is 2.11 bits per heavy atom. The first kappa shape index (κ1) is 15.8. The number of rotatable bonds is 5. The number of sulfone groups is 1. The highest BCUT2D eigenvalue weighted by Crippen LogP contribution is 2.22. The van der Waals surface area contributed by atoms with Crippen molar-refractivity contribution in [3.63, 3.8) is 0 Å². The fraction of sp³-hybridized carbons (Fsp3) is 0.417. The first-order chi connectivity index (χ1) is 8.75. The highest BCUT2D eigenvalue weighted by Gasteiger charge is 2.23. The molecule has 1 rings (SSSR count). The van der Waals surface area contributed by atoms with Gasteiger partial charge in [0.1, 0.15) is 11.0 Å². The summed E-state index contributed by atoms with van der Waals surface area (Å²) in [5.74, 6) is 0.0289. The minimum Gasteiger partial charge on any atom is -0.496 e. The first-order valence-electron chi connectivity index (χ1n) is 5.54. The number of hydrogen-bond acceptors (Lipinski definition) is 4. The maximum Gasteiger partial charge on any atom is 0.238 e. The molecule has 0 aliphatic heterocycles. The smallest absolute Gasteiger partial charge is 0.238 e. The van der Waals surface area contributed by atoms with Crippen LogP contribution in [-0.4, -0.2) is 32.9 Å². The van der Waals surface area contributed by atoms with E-state index in [0.717, 1.165) is 6.26 Å². The van der Waals surface area contributed by atoms with Gasteiger partial charge in [0, 0.05) is 23.4 Å². The average molecular weight is 306 g/mol. The molecule has 0 saturated heterocycles. The van der Waals surface area contributed by atoms with Crippen molar-refractivity contribution >= 4 is 27.3 Å². The lowest BCUT2D eigenvalue weighted by atomic mass is 10.2. The Balaban J connectivity index is 2.77. The molecule has 0 aromatic heterocycles. The van der Waals surface area contributed by atoms with E-state index in [0.29, 0.717) is 16.3 Å². The summed E-state index contributed by atoms with van der Waals surface area (Å²) in [6.45, 7) is 1.50. The quantitative estimate of drug-likeness (QED) is 0.892. The number of halogens is 1. The minimum absolute atomic E-state index is 0.155. The van der Waals surface area contributed by atoms with Crippen LogP contribution in [0.1, 0.15) is 12.5 Å². The summed E-state index contributed by atoms with van der Waals surface area (Å²) < 4.78 is 27.6. The molecule has 0 aliphatic rings. The second-order valence-corrected chi connectivity index (χ2v) is 6.95. The molecule has 0 heterocycles. The maximum atomic E-state index is 11.7. The lowest BCUT2D eigenvalue weighted by Crippen LogP contribution is -2.37. The molecule has 0 fully saturated rings. The third-order valence-corrected chi connectivity index (χ3v) is 4.44. The summed E-state index contributed by atoms with van der Waals surface area (Å²) in [5, 5.41) is 1.98. The molecule has 1 aromatic carbocycles. The van der Waals surface area contributed by atoms with Crippen molar-refractivity contribution in [2.75, 3.05) is 13.4 Å². The Morgan fingerprint density at radius 1 is 1.47 bits per heavy atom. The number of methoxy groups -OCH3 is 1. The molecule has 106 valence electrons. The summed E-state index contributed by atoms with van der Waals surface area (Å²) in [4.78, 5) is 11.7. The fourth-order valence-electron chi connectivity index (χ4n) is 1.41. The van der Waals surface area contributed by atoms with Crippen molar-refractivity contribution in [1.82, 2.24) is 5.32 Å². The monoisotopic (exact) mass is 305 g/mol. The summed E-state index contributed by atoms with van der Waals surface area (Å²) in [7, 11) is -1.89. The van der Waals surface area contributed by atoms with E-state index in [2.05, 4.69) is 5.32 Å². The van der Waals surface area contributed by atoms with Crippen molar-refractivity contribution in [3.05, 3.63) is 28.8 Å². The van der Waals surface area contributed by atoms with Gasteiger partial charge in [-0.15, -0.1) is 0 Å². The van der Waals surface area contributed by atoms with Crippen LogP contribution in [0.3, 0.4) is 0 Å². The van der Waals surface area contributed by atoms with Gasteiger partial charge in [0.25, 0.3) is 0 Å². The largest absolute Gasteiger partial charge is 0.496 e. The van der Waals surface area contributed by atoms with Gasteiger partial charge in [0.2, 0.25) is 5.91 Å². The van der Waals surface area contributed by atoms with Gasteiger partial charge in [0.05, 0.1) is 7.11 Å². The summed E-state index contributed by atoms with van der Waals surface area (Å²) in [5.41, 5.74) is 0.684. The molecular formula is C12H16ClNO4S. The van der Waals surface area contributed by atoms with Crippen LogP contribution >= 0.6 is 11.6 Å². The predicted octanol–water partition coefficient (Wildman–Crippen LogP) is 1.40. The van der Waals surface area contributed by atoms with Gasteiger partial charge in [-0.1, -0.05) is 11.6 Å². The van der Waals surface area contributed by atoms with Crippen LogP contribution in [0.25, 0.3) is 0 Å². The molecular weight excluding hydrogens is 290 g/mol. The van der Waals surface area contributed by atoms with Gasteiger partial charge in [-0.25, -0.2) is 8.42 Å². The van der Waals surface area contributed by atoms with Crippen molar-refractivity contribution in [1.29, 1.82) is 0 Å². The molecule has 0 saturated carbocycles. The zero-order valence-electron chi connectivity index (χ0n) is 10.9. The van der Waals surface area contributed by atoms with Crippen LogP contribution in [0, 0.1) is 0 Å². The predicted molar refractivity (Wildman–Crippen MR) is 74.2 cm³/mol. The summed E-state index contributed by atoms with van der Waals surface area (Å²) >= 11 is 5.86. The minimum atomic E-state index is -3.40. The van der Waals surface area contributed by atoms with E-state index in [-0.39, 0.29) is 6.54 Å². The molecule has 1 atom stereocenters. The Kier molecular flexibility index (Phi) is 5.20. The number of nitrogens with one attached hydrogen (secondary N) is 1. The van der Waals surface area contributed by atoms with Crippen molar-refractivity contribution in [3.8, 4) is 5.75 Å². The van der Waals surface area contributed by atoms with Crippen LogP contribution < -0.4 is 10.1 Å². The van der Waals surface area contributed by atoms with Crippen LogP contribution in [0.2, 0.25) is 5.02 Å². The van der Waals surface area contributed by atoms with E-state index in [1.807, 2.05) is 0 Å². The van der Waals surface area contributed by atoms with E-state index < -0.39 is 21.0 Å². The van der Waals surface area contributed by atoms with Crippen LogP contribution in [0.4, 0.5) is 0 Å². The lowest BCUT2D eigenvalue weighted by Gasteiger charge is -2.12. The number of carbonyl (C=O) groups is 1. The normalized spacial score (nSPS) is 12.8. The van der Waals surface area contributed by atoms with E-state index in [9.17, 15) is 13.2 Å². The van der Waals surface area contributed by atoms with Gasteiger partial charge in [-0.05, 0) is 25.1 Å². The lowest BCUT2D eigenvalue weighted by molar-refractivity contribution is -0.120. The number of hydrogen-bond donors (Lipinski definition) is 1. The highest BCUT2D eigenvalue weighted by molar-refractivity contribution is 7.92. The van der Waals surface area contributed by atoms with E-state index in [1.165, 1.54) is 14.0 Å². The third kappa shape index (κ3) is 4.40. The Morgan fingerprint density at radius 3 is 2.63 bits per heavy atom. The summed E-state index contributed by atoms with van der Waals surface area (Å²) in [6.07, 6.45) is 1.03.